The van der Waals surface area contributed by atoms with E-state index in [4.69, 9.17) is 0 Å². The summed E-state index contributed by atoms with van der Waals surface area (Å²) in [5.74, 6) is -0.0615. The van der Waals surface area contributed by atoms with Crippen LogP contribution in [0, 0.1) is 0 Å². The first-order valence-electron chi connectivity index (χ1n) is 26.5. The number of allylic oxidation sites excluding steroid dienone is 10. The Hall–Kier alpha value is -1.91. The fourth-order valence-corrected chi connectivity index (χ4v) is 8.04. The SMILES string of the molecule is CC/C=C\C/C=C\C/C=C\C/C=C\C/C=C\CCCCCC(=O)NC(CO)C(O)CCCCCCCCCCCCCCCCCCCCCCCCCCCCCCC. The fourth-order valence-electron chi connectivity index (χ4n) is 8.04. The number of rotatable bonds is 48. The molecule has 2 unspecified atom stereocenters. The summed E-state index contributed by atoms with van der Waals surface area (Å²) >= 11 is 0. The highest BCUT2D eigenvalue weighted by Crippen LogP contribution is 2.17. The van der Waals surface area contributed by atoms with E-state index >= 15 is 0 Å². The van der Waals surface area contributed by atoms with Crippen molar-refractivity contribution in [2.45, 2.75) is 283 Å². The molecule has 350 valence electrons. The summed E-state index contributed by atoms with van der Waals surface area (Å²) in [5, 5.41) is 23.3. The maximum Gasteiger partial charge on any atom is 0.220 e. The van der Waals surface area contributed by atoms with Crippen molar-refractivity contribution in [1.29, 1.82) is 0 Å². The minimum absolute atomic E-state index is 0.0615. The first kappa shape index (κ1) is 58.1. The van der Waals surface area contributed by atoms with Crippen molar-refractivity contribution in [3.05, 3.63) is 60.8 Å². The van der Waals surface area contributed by atoms with Gasteiger partial charge in [-0.2, -0.15) is 0 Å². The Balaban J connectivity index is 3.49. The summed E-state index contributed by atoms with van der Waals surface area (Å²) < 4.78 is 0. The zero-order valence-corrected chi connectivity index (χ0v) is 40.2. The van der Waals surface area contributed by atoms with Crippen LogP contribution >= 0.6 is 0 Å². The van der Waals surface area contributed by atoms with Crippen molar-refractivity contribution < 1.29 is 15.0 Å². The van der Waals surface area contributed by atoms with Gasteiger partial charge in [-0.15, -0.1) is 0 Å². The number of hydrogen-bond acceptors (Lipinski definition) is 3. The van der Waals surface area contributed by atoms with Crippen molar-refractivity contribution in [3.8, 4) is 0 Å². The van der Waals surface area contributed by atoms with Crippen molar-refractivity contribution in [3.63, 3.8) is 0 Å². The second-order valence-corrected chi connectivity index (χ2v) is 17.9. The third kappa shape index (κ3) is 47.1. The zero-order chi connectivity index (χ0) is 43.5. The van der Waals surface area contributed by atoms with Crippen molar-refractivity contribution in [2.75, 3.05) is 6.61 Å². The van der Waals surface area contributed by atoms with Crippen molar-refractivity contribution in [2.24, 2.45) is 0 Å². The van der Waals surface area contributed by atoms with Gasteiger partial charge in [0.1, 0.15) is 0 Å². The van der Waals surface area contributed by atoms with Gasteiger partial charge in [0.05, 0.1) is 18.8 Å². The predicted octanol–water partition coefficient (Wildman–Crippen LogP) is 17.2. The highest BCUT2D eigenvalue weighted by atomic mass is 16.3. The van der Waals surface area contributed by atoms with Gasteiger partial charge in [-0.05, 0) is 57.8 Å². The lowest BCUT2D eigenvalue weighted by molar-refractivity contribution is -0.123. The molecule has 0 aliphatic rings. The summed E-state index contributed by atoms with van der Waals surface area (Å²) in [7, 11) is 0. The monoisotopic (exact) mass is 838 g/mol. The normalized spacial score (nSPS) is 13.3. The van der Waals surface area contributed by atoms with Crippen LogP contribution in [0.1, 0.15) is 271 Å². The first-order valence-corrected chi connectivity index (χ1v) is 26.5. The van der Waals surface area contributed by atoms with Crippen molar-refractivity contribution in [1.82, 2.24) is 5.32 Å². The first-order chi connectivity index (χ1) is 29.7. The molecule has 0 aromatic heterocycles. The van der Waals surface area contributed by atoms with E-state index < -0.39 is 12.1 Å². The highest BCUT2D eigenvalue weighted by Gasteiger charge is 2.20. The summed E-state index contributed by atoms with van der Waals surface area (Å²) in [6, 6.07) is -0.558. The molecule has 0 aliphatic heterocycles. The molecule has 0 aromatic rings. The molecule has 0 heterocycles. The van der Waals surface area contributed by atoms with E-state index in [9.17, 15) is 15.0 Å². The van der Waals surface area contributed by atoms with Gasteiger partial charge < -0.3 is 15.5 Å². The van der Waals surface area contributed by atoms with Gasteiger partial charge in [-0.3, -0.25) is 4.79 Å². The van der Waals surface area contributed by atoms with Crippen LogP contribution in [0.3, 0.4) is 0 Å². The molecule has 0 saturated heterocycles. The molecule has 2 atom stereocenters. The molecular weight excluding hydrogens is 735 g/mol. The average molecular weight is 838 g/mol. The largest absolute Gasteiger partial charge is 0.394 e. The van der Waals surface area contributed by atoms with Crippen LogP contribution in [0.5, 0.6) is 0 Å². The molecular formula is C56H103NO3. The number of aliphatic hydroxyl groups excluding tert-OH is 2. The van der Waals surface area contributed by atoms with Gasteiger partial charge in [0.2, 0.25) is 5.91 Å². The zero-order valence-electron chi connectivity index (χ0n) is 40.2. The van der Waals surface area contributed by atoms with Gasteiger partial charge in [0.25, 0.3) is 0 Å². The molecule has 3 N–H and O–H groups in total. The topological polar surface area (TPSA) is 69.6 Å². The second kappa shape index (κ2) is 51.4. The van der Waals surface area contributed by atoms with Gasteiger partial charge in [0.15, 0.2) is 0 Å². The van der Waals surface area contributed by atoms with Gasteiger partial charge >= 0.3 is 0 Å². The van der Waals surface area contributed by atoms with E-state index in [1.807, 2.05) is 0 Å². The molecule has 0 fully saturated rings. The Bertz CT molecular complexity index is 996. The quantitative estimate of drug-likeness (QED) is 0.0422. The van der Waals surface area contributed by atoms with Crippen LogP contribution in [0.4, 0.5) is 0 Å². The Labute approximate surface area is 375 Å². The smallest absolute Gasteiger partial charge is 0.220 e. The molecule has 60 heavy (non-hydrogen) atoms. The molecule has 0 bridgehead atoms. The summed E-state index contributed by atoms with van der Waals surface area (Å²) in [6.07, 6.45) is 72.0. The second-order valence-electron chi connectivity index (χ2n) is 17.9. The molecule has 0 spiro atoms. The molecule has 4 heteroatoms. The lowest BCUT2D eigenvalue weighted by Crippen LogP contribution is -2.45. The fraction of sp³-hybridized carbons (Fsp3) is 0.804. The number of unbranched alkanes of at least 4 members (excludes halogenated alkanes) is 31. The van der Waals surface area contributed by atoms with Crippen LogP contribution in [0.25, 0.3) is 0 Å². The van der Waals surface area contributed by atoms with Crippen LogP contribution in [0.15, 0.2) is 60.8 Å². The van der Waals surface area contributed by atoms with Crippen LogP contribution in [0.2, 0.25) is 0 Å². The van der Waals surface area contributed by atoms with Crippen LogP contribution in [-0.2, 0) is 4.79 Å². The Morgan fingerprint density at radius 2 is 0.733 bits per heavy atom. The van der Waals surface area contributed by atoms with Crippen LogP contribution in [-0.4, -0.2) is 34.9 Å². The number of amides is 1. The molecule has 0 radical (unpaired) electrons. The van der Waals surface area contributed by atoms with E-state index in [1.165, 1.54) is 173 Å². The third-order valence-electron chi connectivity index (χ3n) is 12.0. The van der Waals surface area contributed by atoms with E-state index in [2.05, 4.69) is 79.9 Å². The molecule has 0 saturated carbocycles. The van der Waals surface area contributed by atoms with Gasteiger partial charge in [0, 0.05) is 6.42 Å². The van der Waals surface area contributed by atoms with Gasteiger partial charge in [-0.1, -0.05) is 267 Å². The van der Waals surface area contributed by atoms with Crippen LogP contribution < -0.4 is 5.32 Å². The maximum absolute atomic E-state index is 12.4. The summed E-state index contributed by atoms with van der Waals surface area (Å²) in [4.78, 5) is 12.4. The number of hydrogen-bond donors (Lipinski definition) is 3. The Morgan fingerprint density at radius 1 is 0.417 bits per heavy atom. The van der Waals surface area contributed by atoms with Gasteiger partial charge in [-0.25, -0.2) is 0 Å². The van der Waals surface area contributed by atoms with E-state index in [-0.39, 0.29) is 12.5 Å². The lowest BCUT2D eigenvalue weighted by Gasteiger charge is -2.22. The van der Waals surface area contributed by atoms with E-state index in [0.717, 1.165) is 70.6 Å². The van der Waals surface area contributed by atoms with E-state index in [1.54, 1.807) is 0 Å². The summed E-state index contributed by atoms with van der Waals surface area (Å²) in [5.41, 5.74) is 0. The Morgan fingerprint density at radius 3 is 1.08 bits per heavy atom. The summed E-state index contributed by atoms with van der Waals surface area (Å²) in [6.45, 7) is 4.25. The number of aliphatic hydroxyl groups is 2. The lowest BCUT2D eigenvalue weighted by atomic mass is 10.0. The minimum atomic E-state index is -0.678. The minimum Gasteiger partial charge on any atom is -0.394 e. The molecule has 1 amide bonds. The van der Waals surface area contributed by atoms with Crippen molar-refractivity contribution >= 4 is 5.91 Å². The molecule has 0 aromatic carbocycles. The highest BCUT2D eigenvalue weighted by molar-refractivity contribution is 5.76. The Kier molecular flexibility index (Phi) is 49.8. The standard InChI is InChI=1S/C56H103NO3/c1-3-5-7-9-11-13-15-17-19-21-23-24-25-26-27-28-29-30-31-32-34-35-37-39-41-43-45-47-49-51-55(59)54(53-58)57-56(60)52-50-48-46-44-42-40-38-36-33-22-20-18-16-14-12-10-8-6-4-2/h6,8,12,14,18,20,33,36,40,42,54-55,58-59H,3-5,7,9-11,13,15-17,19,21-32,34-35,37-39,41,43-53H2,1-2H3,(H,57,60)/b8-6-,14-12-,20-18-,36-33-,42-40-. The average Bonchev–Trinajstić information content (AvgIpc) is 3.25. The number of carbonyl (C=O) groups excluding carboxylic acids is 1. The predicted molar refractivity (Wildman–Crippen MR) is 267 cm³/mol. The molecule has 4 nitrogen and oxygen atoms in total. The number of nitrogens with one attached hydrogen (secondary N) is 1. The number of carbonyl (C=O) groups is 1. The molecule has 0 aliphatic carbocycles. The molecule has 0 rings (SSSR count). The third-order valence-corrected chi connectivity index (χ3v) is 12.0. The maximum atomic E-state index is 12.4. The van der Waals surface area contributed by atoms with E-state index in [0.29, 0.717) is 12.8 Å².